The van der Waals surface area contributed by atoms with Crippen molar-refractivity contribution in [1.29, 1.82) is 0 Å². The predicted octanol–water partition coefficient (Wildman–Crippen LogP) is 2.25. The summed E-state index contributed by atoms with van der Waals surface area (Å²) < 4.78 is 10.6. The van der Waals surface area contributed by atoms with E-state index in [2.05, 4.69) is 0 Å². The number of ether oxygens (including phenoxy) is 2. The molecule has 0 spiro atoms. The van der Waals surface area contributed by atoms with Gasteiger partial charge in [-0.25, -0.2) is 4.79 Å². The second-order valence-corrected chi connectivity index (χ2v) is 6.73. The molecule has 24 heavy (non-hydrogen) atoms. The van der Waals surface area contributed by atoms with Gasteiger partial charge in [0.1, 0.15) is 17.4 Å². The fraction of sp³-hybridized carbons (Fsp3) is 0.529. The van der Waals surface area contributed by atoms with E-state index in [0.29, 0.717) is 30.2 Å². The maximum absolute atomic E-state index is 12.7. The zero-order valence-corrected chi connectivity index (χ0v) is 14.8. The number of nitrogen functional groups attached to an aromatic ring is 1. The number of hydrogen-bond acceptors (Lipinski definition) is 5. The molecule has 1 aromatic rings. The summed E-state index contributed by atoms with van der Waals surface area (Å²) in [6.07, 6.45) is -0.485. The van der Waals surface area contributed by atoms with Crippen molar-refractivity contribution in [3.05, 3.63) is 18.2 Å². The average molecular weight is 335 g/mol. The van der Waals surface area contributed by atoms with E-state index >= 15 is 0 Å². The zero-order chi connectivity index (χ0) is 18.1. The Morgan fingerprint density at radius 2 is 1.96 bits per heavy atom. The first-order valence-electron chi connectivity index (χ1n) is 7.89. The minimum atomic E-state index is -0.626. The number of benzene rings is 1. The number of anilines is 2. The van der Waals surface area contributed by atoms with Gasteiger partial charge in [-0.15, -0.1) is 0 Å². The van der Waals surface area contributed by atoms with Crippen LogP contribution in [-0.2, 0) is 9.53 Å². The third kappa shape index (κ3) is 3.55. The van der Waals surface area contributed by atoms with Crippen LogP contribution in [0.3, 0.4) is 0 Å². The van der Waals surface area contributed by atoms with E-state index in [9.17, 15) is 9.59 Å². The monoisotopic (exact) mass is 335 g/mol. The molecule has 0 aliphatic carbocycles. The fourth-order valence-electron chi connectivity index (χ4n) is 2.63. The van der Waals surface area contributed by atoms with Gasteiger partial charge in [0.05, 0.1) is 18.5 Å². The van der Waals surface area contributed by atoms with E-state index in [-0.39, 0.29) is 5.91 Å². The maximum Gasteiger partial charge on any atom is 0.411 e. The molecule has 1 unspecified atom stereocenters. The molecule has 0 aromatic heterocycles. The minimum absolute atomic E-state index is 0.202. The van der Waals surface area contributed by atoms with Crippen LogP contribution in [0.15, 0.2) is 18.2 Å². The summed E-state index contributed by atoms with van der Waals surface area (Å²) in [6, 6.07) is 4.66. The standard InChI is InChI=1S/C17H25N3O4/c1-11-15(21)20(12-7-6-8-13(23-5)14(12)18)10-9-19(11)16(22)24-17(2,3)4/h6-8,11H,9-10,18H2,1-5H3. The highest BCUT2D eigenvalue weighted by atomic mass is 16.6. The van der Waals surface area contributed by atoms with Gasteiger partial charge in [0, 0.05) is 13.1 Å². The van der Waals surface area contributed by atoms with E-state index in [0.717, 1.165) is 0 Å². The summed E-state index contributed by atoms with van der Waals surface area (Å²) in [5, 5.41) is 0. The summed E-state index contributed by atoms with van der Waals surface area (Å²) in [4.78, 5) is 28.0. The lowest BCUT2D eigenvalue weighted by Gasteiger charge is -2.39. The van der Waals surface area contributed by atoms with Gasteiger partial charge in [-0.05, 0) is 39.8 Å². The normalized spacial score (nSPS) is 18.5. The number of amides is 2. The van der Waals surface area contributed by atoms with Crippen LogP contribution < -0.4 is 15.4 Å². The van der Waals surface area contributed by atoms with Crippen molar-refractivity contribution in [2.75, 3.05) is 30.8 Å². The number of piperazine rings is 1. The molecule has 1 aromatic carbocycles. The first-order chi connectivity index (χ1) is 11.2. The molecular weight excluding hydrogens is 310 g/mol. The quantitative estimate of drug-likeness (QED) is 0.838. The van der Waals surface area contributed by atoms with Crippen LogP contribution in [0.5, 0.6) is 5.75 Å². The number of rotatable bonds is 2. The second-order valence-electron chi connectivity index (χ2n) is 6.73. The molecule has 1 heterocycles. The molecule has 1 aliphatic rings. The van der Waals surface area contributed by atoms with Crippen LogP contribution in [-0.4, -0.2) is 48.7 Å². The number of carbonyl (C=O) groups excluding carboxylic acids is 2. The van der Waals surface area contributed by atoms with Gasteiger partial charge in [0.25, 0.3) is 0 Å². The van der Waals surface area contributed by atoms with E-state index in [1.165, 1.54) is 12.0 Å². The predicted molar refractivity (Wildman–Crippen MR) is 92.2 cm³/mol. The molecule has 0 saturated carbocycles. The molecule has 2 amide bonds. The van der Waals surface area contributed by atoms with Crippen LogP contribution in [0, 0.1) is 0 Å². The lowest BCUT2D eigenvalue weighted by molar-refractivity contribution is -0.125. The molecule has 7 nitrogen and oxygen atoms in total. The Kier molecular flexibility index (Phi) is 4.91. The SMILES string of the molecule is COc1cccc(N2CCN(C(=O)OC(C)(C)C)C(C)C2=O)c1N. The Morgan fingerprint density at radius 3 is 2.54 bits per heavy atom. The topological polar surface area (TPSA) is 85.1 Å². The molecule has 0 radical (unpaired) electrons. The maximum atomic E-state index is 12.7. The minimum Gasteiger partial charge on any atom is -0.495 e. The van der Waals surface area contributed by atoms with Crippen molar-refractivity contribution in [3.63, 3.8) is 0 Å². The molecule has 132 valence electrons. The fourth-order valence-corrected chi connectivity index (χ4v) is 2.63. The van der Waals surface area contributed by atoms with E-state index in [1.807, 2.05) is 0 Å². The van der Waals surface area contributed by atoms with Crippen LogP contribution in [0.1, 0.15) is 27.7 Å². The summed E-state index contributed by atoms with van der Waals surface area (Å²) in [6.45, 7) is 7.80. The van der Waals surface area contributed by atoms with E-state index in [1.54, 1.807) is 50.8 Å². The number of nitrogens with zero attached hydrogens (tertiary/aromatic N) is 2. The molecule has 0 bridgehead atoms. The largest absolute Gasteiger partial charge is 0.495 e. The van der Waals surface area contributed by atoms with E-state index in [4.69, 9.17) is 15.2 Å². The highest BCUT2D eigenvalue weighted by Gasteiger charge is 2.37. The van der Waals surface area contributed by atoms with Gasteiger partial charge in [0.15, 0.2) is 0 Å². The van der Waals surface area contributed by atoms with Crippen LogP contribution in [0.4, 0.5) is 16.2 Å². The van der Waals surface area contributed by atoms with E-state index < -0.39 is 17.7 Å². The van der Waals surface area contributed by atoms with Gasteiger partial charge >= 0.3 is 6.09 Å². The first kappa shape index (κ1) is 17.9. The summed E-state index contributed by atoms with van der Waals surface area (Å²) >= 11 is 0. The molecule has 2 rings (SSSR count). The summed E-state index contributed by atoms with van der Waals surface area (Å²) in [5.74, 6) is 0.314. The summed E-state index contributed by atoms with van der Waals surface area (Å²) in [7, 11) is 1.53. The number of hydrogen-bond donors (Lipinski definition) is 1. The molecule has 1 aliphatic heterocycles. The van der Waals surface area contributed by atoms with Crippen molar-refractivity contribution < 1.29 is 19.1 Å². The Morgan fingerprint density at radius 1 is 1.29 bits per heavy atom. The molecule has 7 heteroatoms. The van der Waals surface area contributed by atoms with Crippen molar-refractivity contribution >= 4 is 23.4 Å². The summed E-state index contributed by atoms with van der Waals surface area (Å²) in [5.41, 5.74) is 6.48. The van der Waals surface area contributed by atoms with Gasteiger partial charge in [0.2, 0.25) is 5.91 Å². The van der Waals surface area contributed by atoms with Crippen molar-refractivity contribution in [3.8, 4) is 5.75 Å². The third-order valence-corrected chi connectivity index (χ3v) is 3.84. The average Bonchev–Trinajstić information content (AvgIpc) is 2.49. The lowest BCUT2D eigenvalue weighted by Crippen LogP contribution is -2.58. The highest BCUT2D eigenvalue weighted by Crippen LogP contribution is 2.33. The number of carbonyl (C=O) groups is 2. The molecule has 1 atom stereocenters. The molecule has 2 N–H and O–H groups in total. The van der Waals surface area contributed by atoms with Crippen LogP contribution >= 0.6 is 0 Å². The molecular formula is C17H25N3O4. The Hall–Kier alpha value is -2.44. The lowest BCUT2D eigenvalue weighted by atomic mass is 10.1. The Bertz CT molecular complexity index is 639. The van der Waals surface area contributed by atoms with Crippen molar-refractivity contribution in [1.82, 2.24) is 4.90 Å². The third-order valence-electron chi connectivity index (χ3n) is 3.84. The van der Waals surface area contributed by atoms with Crippen molar-refractivity contribution in [2.24, 2.45) is 0 Å². The van der Waals surface area contributed by atoms with Gasteiger partial charge < -0.3 is 20.1 Å². The molecule has 1 saturated heterocycles. The Labute approximate surface area is 142 Å². The van der Waals surface area contributed by atoms with Gasteiger partial charge in [-0.1, -0.05) is 6.07 Å². The van der Waals surface area contributed by atoms with Crippen LogP contribution in [0.2, 0.25) is 0 Å². The van der Waals surface area contributed by atoms with Crippen LogP contribution in [0.25, 0.3) is 0 Å². The number of nitrogens with two attached hydrogens (primary N) is 1. The molecule has 1 fully saturated rings. The van der Waals surface area contributed by atoms with Crippen molar-refractivity contribution in [2.45, 2.75) is 39.3 Å². The number of methoxy groups -OCH3 is 1. The first-order valence-corrected chi connectivity index (χ1v) is 7.89. The zero-order valence-electron chi connectivity index (χ0n) is 14.8. The number of para-hydroxylation sites is 1. The Balaban J connectivity index is 2.20. The smallest absolute Gasteiger partial charge is 0.411 e. The highest BCUT2D eigenvalue weighted by molar-refractivity contribution is 6.02. The van der Waals surface area contributed by atoms with Gasteiger partial charge in [-0.3, -0.25) is 9.69 Å². The van der Waals surface area contributed by atoms with Gasteiger partial charge in [-0.2, -0.15) is 0 Å². The second kappa shape index (κ2) is 6.59.